The number of esters is 1. The highest BCUT2D eigenvalue weighted by molar-refractivity contribution is 5.88. The highest BCUT2D eigenvalue weighted by Crippen LogP contribution is 2.05. The van der Waals surface area contributed by atoms with Crippen molar-refractivity contribution in [1.29, 1.82) is 0 Å². The van der Waals surface area contributed by atoms with E-state index in [0.717, 1.165) is 44.1 Å². The molecule has 0 unspecified atom stereocenters. The molecule has 0 amide bonds. The molecule has 0 saturated carbocycles. The van der Waals surface area contributed by atoms with E-state index >= 15 is 0 Å². The van der Waals surface area contributed by atoms with Gasteiger partial charge in [-0.3, -0.25) is 0 Å². The maximum atomic E-state index is 11.6. The molecule has 26 heavy (non-hydrogen) atoms. The number of carbonyl (C=O) groups is 1. The van der Waals surface area contributed by atoms with E-state index in [1.807, 2.05) is 26.0 Å². The first kappa shape index (κ1) is 23.9. The highest BCUT2D eigenvalue weighted by atomic mass is 16.5. The molecular formula is C24H36O2. The van der Waals surface area contributed by atoms with Crippen LogP contribution in [0.3, 0.4) is 0 Å². The van der Waals surface area contributed by atoms with Gasteiger partial charge in [-0.15, -0.1) is 0 Å². The van der Waals surface area contributed by atoms with Gasteiger partial charge in [0.15, 0.2) is 0 Å². The summed E-state index contributed by atoms with van der Waals surface area (Å²) in [7, 11) is 0. The summed E-state index contributed by atoms with van der Waals surface area (Å²) in [4.78, 5) is 11.6. The average molecular weight is 357 g/mol. The Bertz CT molecular complexity index is 516. The number of allylic oxidation sites excluding steroid dienone is 11. The first-order chi connectivity index (χ1) is 12.8. The fraction of sp³-hybridized carbons (Fsp3) is 0.458. The topological polar surface area (TPSA) is 26.3 Å². The minimum absolute atomic E-state index is 0.210. The Balaban J connectivity index is 3.82. The molecule has 0 heterocycles. The van der Waals surface area contributed by atoms with Crippen molar-refractivity contribution in [2.24, 2.45) is 0 Å². The minimum Gasteiger partial charge on any atom is -0.463 e. The van der Waals surface area contributed by atoms with Crippen molar-refractivity contribution in [3.05, 3.63) is 72.4 Å². The molecule has 0 aliphatic rings. The predicted octanol–water partition coefficient (Wildman–Crippen LogP) is 7.03. The van der Waals surface area contributed by atoms with Gasteiger partial charge in [-0.1, -0.05) is 80.7 Å². The van der Waals surface area contributed by atoms with Crippen LogP contribution in [-0.2, 0) is 9.53 Å². The van der Waals surface area contributed by atoms with Crippen LogP contribution in [0.25, 0.3) is 0 Å². The van der Waals surface area contributed by atoms with Gasteiger partial charge in [0.25, 0.3) is 0 Å². The van der Waals surface area contributed by atoms with Gasteiger partial charge in [0, 0.05) is 5.57 Å². The van der Waals surface area contributed by atoms with Crippen LogP contribution in [-0.4, -0.2) is 12.6 Å². The highest BCUT2D eigenvalue weighted by Gasteiger charge is 2.05. The molecule has 0 radical (unpaired) electrons. The first-order valence-electron chi connectivity index (χ1n) is 9.88. The second-order valence-electron chi connectivity index (χ2n) is 5.77. The monoisotopic (exact) mass is 356 g/mol. The van der Waals surface area contributed by atoms with E-state index in [1.54, 1.807) is 0 Å². The van der Waals surface area contributed by atoms with Crippen molar-refractivity contribution in [3.8, 4) is 0 Å². The molecule has 0 aliphatic heterocycles. The van der Waals surface area contributed by atoms with E-state index in [1.165, 1.54) is 0 Å². The van der Waals surface area contributed by atoms with Crippen LogP contribution in [0, 0.1) is 0 Å². The maximum Gasteiger partial charge on any atom is 0.333 e. The Morgan fingerprint density at radius 3 is 1.81 bits per heavy atom. The first-order valence-corrected chi connectivity index (χ1v) is 9.88. The third kappa shape index (κ3) is 15.4. The lowest BCUT2D eigenvalue weighted by Crippen LogP contribution is -2.06. The number of hydrogen-bond acceptors (Lipinski definition) is 2. The second kappa shape index (κ2) is 19.2. The summed E-state index contributed by atoms with van der Waals surface area (Å²) in [6.07, 6.45) is 30.3. The molecule has 0 bridgehead atoms. The van der Waals surface area contributed by atoms with Crippen LogP contribution in [0.15, 0.2) is 72.4 Å². The molecule has 0 fully saturated rings. The number of hydrogen-bond donors (Lipinski definition) is 0. The van der Waals surface area contributed by atoms with Gasteiger partial charge < -0.3 is 4.74 Å². The molecule has 2 heteroatoms. The van der Waals surface area contributed by atoms with E-state index in [0.29, 0.717) is 13.0 Å². The van der Waals surface area contributed by atoms with Crippen LogP contribution in [0.4, 0.5) is 0 Å². The zero-order valence-corrected chi connectivity index (χ0v) is 16.8. The summed E-state index contributed by atoms with van der Waals surface area (Å²) < 4.78 is 5.01. The molecule has 2 nitrogen and oxygen atoms in total. The lowest BCUT2D eigenvalue weighted by atomic mass is 10.2. The fourth-order valence-electron chi connectivity index (χ4n) is 2.12. The van der Waals surface area contributed by atoms with Crippen molar-refractivity contribution in [1.82, 2.24) is 0 Å². The zero-order chi connectivity index (χ0) is 19.3. The van der Waals surface area contributed by atoms with Gasteiger partial charge in [0.05, 0.1) is 6.61 Å². The Labute approximate surface area is 160 Å². The Morgan fingerprint density at radius 2 is 1.27 bits per heavy atom. The molecule has 0 spiro atoms. The normalized spacial score (nSPS) is 13.3. The molecule has 0 aliphatic carbocycles. The molecule has 0 aromatic rings. The number of unbranched alkanes of at least 4 members (excludes halogenated alkanes) is 1. The molecule has 0 aromatic carbocycles. The predicted molar refractivity (Wildman–Crippen MR) is 114 cm³/mol. The second-order valence-corrected chi connectivity index (χ2v) is 5.77. The third-order valence-corrected chi connectivity index (χ3v) is 3.57. The largest absolute Gasteiger partial charge is 0.463 e. The van der Waals surface area contributed by atoms with Crippen molar-refractivity contribution in [3.63, 3.8) is 0 Å². The average Bonchev–Trinajstić information content (AvgIpc) is 2.64. The van der Waals surface area contributed by atoms with Gasteiger partial charge >= 0.3 is 5.97 Å². The van der Waals surface area contributed by atoms with Crippen LogP contribution in [0.5, 0.6) is 0 Å². The molecule has 0 rings (SSSR count). The number of carbonyl (C=O) groups excluding carboxylic acids is 1. The molecule has 0 aromatic heterocycles. The van der Waals surface area contributed by atoms with Crippen LogP contribution in [0.2, 0.25) is 0 Å². The van der Waals surface area contributed by atoms with Gasteiger partial charge in [-0.25, -0.2) is 4.79 Å². The van der Waals surface area contributed by atoms with Gasteiger partial charge in [0.1, 0.15) is 0 Å². The zero-order valence-electron chi connectivity index (χ0n) is 16.8. The summed E-state index contributed by atoms with van der Waals surface area (Å²) >= 11 is 0. The lowest BCUT2D eigenvalue weighted by molar-refractivity contribution is -0.138. The standard InChI is InChI=1S/C24H36O2/c1-4-7-8-9-10-11-12-13-14-15-16-17-18-19-20-21-22-23(5-2)24(25)26-6-3/h7-8,10-11,13-14,16-17,20-22H,4-6,9,12,15,18-19H2,1-3H3. The van der Waals surface area contributed by atoms with Crippen molar-refractivity contribution in [2.45, 2.75) is 65.7 Å². The quantitative estimate of drug-likeness (QED) is 0.110. The van der Waals surface area contributed by atoms with Crippen LogP contribution < -0.4 is 0 Å². The summed E-state index contributed by atoms with van der Waals surface area (Å²) in [5, 5.41) is 0. The molecule has 0 atom stereocenters. The lowest BCUT2D eigenvalue weighted by Gasteiger charge is -2.02. The summed E-state index contributed by atoms with van der Waals surface area (Å²) in [6, 6.07) is 0. The van der Waals surface area contributed by atoms with E-state index in [4.69, 9.17) is 4.74 Å². The Hall–Kier alpha value is -2.09. The maximum absolute atomic E-state index is 11.6. The van der Waals surface area contributed by atoms with E-state index in [-0.39, 0.29) is 5.97 Å². The summed E-state index contributed by atoms with van der Waals surface area (Å²) in [5.74, 6) is -0.210. The van der Waals surface area contributed by atoms with E-state index in [2.05, 4.69) is 61.6 Å². The van der Waals surface area contributed by atoms with Crippen molar-refractivity contribution >= 4 is 5.97 Å². The van der Waals surface area contributed by atoms with Gasteiger partial charge in [-0.05, 0) is 51.9 Å². The van der Waals surface area contributed by atoms with Crippen molar-refractivity contribution in [2.75, 3.05) is 6.61 Å². The smallest absolute Gasteiger partial charge is 0.333 e. The molecule has 144 valence electrons. The summed E-state index contributed by atoms with van der Waals surface area (Å²) in [5.41, 5.74) is 0.721. The van der Waals surface area contributed by atoms with Crippen LogP contribution in [0.1, 0.15) is 65.7 Å². The van der Waals surface area contributed by atoms with Gasteiger partial charge in [-0.2, -0.15) is 0 Å². The van der Waals surface area contributed by atoms with Gasteiger partial charge in [0.2, 0.25) is 0 Å². The Kier molecular flexibility index (Phi) is 17.7. The van der Waals surface area contributed by atoms with Crippen LogP contribution >= 0.6 is 0 Å². The summed E-state index contributed by atoms with van der Waals surface area (Å²) in [6.45, 7) is 6.36. The fourth-order valence-corrected chi connectivity index (χ4v) is 2.12. The molecular weight excluding hydrogens is 320 g/mol. The van der Waals surface area contributed by atoms with Crippen molar-refractivity contribution < 1.29 is 9.53 Å². The molecule has 0 saturated heterocycles. The number of rotatable bonds is 14. The van der Waals surface area contributed by atoms with E-state index < -0.39 is 0 Å². The van der Waals surface area contributed by atoms with E-state index in [9.17, 15) is 4.79 Å². The number of ether oxygens (including phenoxy) is 1. The third-order valence-electron chi connectivity index (χ3n) is 3.57. The minimum atomic E-state index is -0.210. The Morgan fingerprint density at radius 1 is 0.731 bits per heavy atom. The SMILES string of the molecule is CCC=CCC=CCC=CCC=CCCC=CC=C(CC)C(=O)OCC. The molecule has 0 N–H and O–H groups in total.